The van der Waals surface area contributed by atoms with Crippen LogP contribution in [-0.4, -0.2) is 15.6 Å². The van der Waals surface area contributed by atoms with Crippen molar-refractivity contribution in [2.75, 3.05) is 0 Å². The van der Waals surface area contributed by atoms with Crippen LogP contribution >= 0.6 is 0 Å². The third-order valence-corrected chi connectivity index (χ3v) is 3.71. The Morgan fingerprint density at radius 2 is 1.90 bits per heavy atom. The lowest BCUT2D eigenvalue weighted by Crippen LogP contribution is -2.04. The number of benzene rings is 1. The first-order valence-corrected chi connectivity index (χ1v) is 6.96. The van der Waals surface area contributed by atoms with E-state index >= 15 is 0 Å². The van der Waals surface area contributed by atoms with Crippen molar-refractivity contribution in [2.24, 2.45) is 0 Å². The molecule has 0 unspecified atom stereocenters. The summed E-state index contributed by atoms with van der Waals surface area (Å²) in [6.07, 6.45) is 0.979. The summed E-state index contributed by atoms with van der Waals surface area (Å²) in [5.74, 6) is -0.857. The lowest BCUT2D eigenvalue weighted by Gasteiger charge is -2.13. The summed E-state index contributed by atoms with van der Waals surface area (Å²) in [5.41, 5.74) is 5.70. The van der Waals surface area contributed by atoms with Gasteiger partial charge in [0, 0.05) is 23.5 Å². The van der Waals surface area contributed by atoms with Crippen LogP contribution in [0.1, 0.15) is 40.5 Å². The first-order chi connectivity index (χ1) is 9.45. The van der Waals surface area contributed by atoms with E-state index in [-0.39, 0.29) is 0 Å². The van der Waals surface area contributed by atoms with Crippen molar-refractivity contribution in [3.05, 3.63) is 46.6 Å². The van der Waals surface area contributed by atoms with Gasteiger partial charge >= 0.3 is 5.97 Å². The van der Waals surface area contributed by atoms with Crippen molar-refractivity contribution in [3.8, 4) is 11.3 Å². The first-order valence-electron chi connectivity index (χ1n) is 6.96. The van der Waals surface area contributed by atoms with Crippen LogP contribution in [0, 0.1) is 20.8 Å². The lowest BCUT2D eigenvalue weighted by atomic mass is 10.0. The maximum Gasteiger partial charge on any atom is 0.337 e. The highest BCUT2D eigenvalue weighted by molar-refractivity contribution is 5.91. The molecule has 1 aromatic carbocycles. The second kappa shape index (κ2) is 5.53. The number of aromatic carboxylic acids is 1. The molecule has 0 radical (unpaired) electrons. The van der Waals surface area contributed by atoms with Crippen LogP contribution < -0.4 is 0 Å². The molecule has 0 fully saturated rings. The molecule has 1 heterocycles. The number of rotatable bonds is 4. The second-order valence-corrected chi connectivity index (χ2v) is 5.30. The Hall–Kier alpha value is -2.03. The van der Waals surface area contributed by atoms with Crippen molar-refractivity contribution in [2.45, 2.75) is 40.7 Å². The van der Waals surface area contributed by atoms with Gasteiger partial charge in [-0.3, -0.25) is 0 Å². The summed E-state index contributed by atoms with van der Waals surface area (Å²) in [5, 5.41) is 9.33. The van der Waals surface area contributed by atoms with E-state index < -0.39 is 5.97 Å². The number of hydrogen-bond acceptors (Lipinski definition) is 1. The molecule has 20 heavy (non-hydrogen) atoms. The summed E-state index contributed by atoms with van der Waals surface area (Å²) < 4.78 is 2.12. The van der Waals surface area contributed by atoms with E-state index in [9.17, 15) is 9.90 Å². The molecule has 0 aliphatic carbocycles. The molecule has 0 aliphatic rings. The molecule has 3 nitrogen and oxygen atoms in total. The van der Waals surface area contributed by atoms with E-state index in [0.29, 0.717) is 5.56 Å². The molecule has 0 atom stereocenters. The van der Waals surface area contributed by atoms with Gasteiger partial charge in [-0.1, -0.05) is 24.6 Å². The number of carbonyl (C=O) groups is 1. The highest BCUT2D eigenvalue weighted by atomic mass is 16.4. The molecule has 1 N–H and O–H groups in total. The molecule has 0 bridgehead atoms. The van der Waals surface area contributed by atoms with Crippen molar-refractivity contribution in [3.63, 3.8) is 0 Å². The fourth-order valence-corrected chi connectivity index (χ4v) is 2.61. The molecule has 1 aromatic heterocycles. The molecule has 106 valence electrons. The number of carboxylic acid groups (broad SMARTS) is 1. The molecule has 0 amide bonds. The average molecular weight is 271 g/mol. The molecule has 0 saturated carbocycles. The van der Waals surface area contributed by atoms with Gasteiger partial charge in [-0.25, -0.2) is 4.79 Å². The molecular formula is C17H21NO2. The Bertz CT molecular complexity index is 653. The van der Waals surface area contributed by atoms with E-state index in [1.54, 1.807) is 6.07 Å². The minimum absolute atomic E-state index is 0.398. The number of aryl methyl sites for hydroxylation is 2. The van der Waals surface area contributed by atoms with Crippen molar-refractivity contribution in [1.82, 2.24) is 4.57 Å². The molecule has 0 saturated heterocycles. The third kappa shape index (κ3) is 2.48. The van der Waals surface area contributed by atoms with E-state index in [1.807, 2.05) is 6.92 Å². The average Bonchev–Trinajstić information content (AvgIpc) is 2.71. The van der Waals surface area contributed by atoms with Gasteiger partial charge in [-0.15, -0.1) is 0 Å². The molecule has 3 heteroatoms. The smallest absolute Gasteiger partial charge is 0.337 e. The van der Waals surface area contributed by atoms with Crippen molar-refractivity contribution >= 4 is 5.97 Å². The monoisotopic (exact) mass is 271 g/mol. The van der Waals surface area contributed by atoms with Crippen LogP contribution in [0.5, 0.6) is 0 Å². The summed E-state index contributed by atoms with van der Waals surface area (Å²) in [7, 11) is 0. The van der Waals surface area contributed by atoms with E-state index in [4.69, 9.17) is 0 Å². The normalized spacial score (nSPS) is 10.8. The van der Waals surface area contributed by atoms with Gasteiger partial charge < -0.3 is 9.67 Å². The Balaban J connectivity index is 2.69. The van der Waals surface area contributed by atoms with E-state index in [1.165, 1.54) is 11.1 Å². The zero-order valence-electron chi connectivity index (χ0n) is 12.5. The van der Waals surface area contributed by atoms with E-state index in [0.717, 1.165) is 29.9 Å². The molecule has 0 spiro atoms. The maximum atomic E-state index is 11.4. The van der Waals surface area contributed by atoms with Gasteiger partial charge in [0.05, 0.1) is 5.56 Å². The highest BCUT2D eigenvalue weighted by Crippen LogP contribution is 2.29. The quantitative estimate of drug-likeness (QED) is 0.906. The first kappa shape index (κ1) is 14.4. The van der Waals surface area contributed by atoms with Crippen molar-refractivity contribution in [1.29, 1.82) is 0 Å². The Morgan fingerprint density at radius 1 is 1.20 bits per heavy atom. The fourth-order valence-electron chi connectivity index (χ4n) is 2.61. The van der Waals surface area contributed by atoms with Crippen molar-refractivity contribution < 1.29 is 9.90 Å². The van der Waals surface area contributed by atoms with Gasteiger partial charge in [0.25, 0.3) is 0 Å². The van der Waals surface area contributed by atoms with Crippen LogP contribution in [0.3, 0.4) is 0 Å². The van der Waals surface area contributed by atoms with Gasteiger partial charge in [0.1, 0.15) is 0 Å². The summed E-state index contributed by atoms with van der Waals surface area (Å²) in [6, 6.07) is 8.09. The Kier molecular flexibility index (Phi) is 3.98. The topological polar surface area (TPSA) is 42.2 Å². The highest BCUT2D eigenvalue weighted by Gasteiger charge is 2.18. The van der Waals surface area contributed by atoms with Gasteiger partial charge in [0.2, 0.25) is 0 Å². The summed E-state index contributed by atoms with van der Waals surface area (Å²) in [4.78, 5) is 11.4. The number of nitrogens with zero attached hydrogens (tertiary/aromatic N) is 1. The zero-order chi connectivity index (χ0) is 14.9. The largest absolute Gasteiger partial charge is 0.478 e. The molecular weight excluding hydrogens is 250 g/mol. The zero-order valence-corrected chi connectivity index (χ0v) is 12.5. The van der Waals surface area contributed by atoms with Crippen LogP contribution in [-0.2, 0) is 6.54 Å². The van der Waals surface area contributed by atoms with Crippen LogP contribution in [0.25, 0.3) is 11.3 Å². The van der Waals surface area contributed by atoms with E-state index in [2.05, 4.69) is 43.5 Å². The lowest BCUT2D eigenvalue weighted by molar-refractivity contribution is 0.0696. The predicted molar refractivity (Wildman–Crippen MR) is 81.3 cm³/mol. The van der Waals surface area contributed by atoms with Crippen LogP contribution in [0.15, 0.2) is 24.3 Å². The number of carboxylic acids is 1. The summed E-state index contributed by atoms with van der Waals surface area (Å²) in [6.45, 7) is 8.94. The Labute approximate surface area is 119 Å². The fraction of sp³-hybridized carbons (Fsp3) is 0.353. The molecule has 2 aromatic rings. The maximum absolute atomic E-state index is 11.4. The minimum Gasteiger partial charge on any atom is -0.478 e. The SMILES string of the molecule is CCCn1c(-c2cc(C)ccc2C)cc(C(=O)O)c1C. The Morgan fingerprint density at radius 3 is 2.50 bits per heavy atom. The van der Waals surface area contributed by atoms with Crippen LogP contribution in [0.4, 0.5) is 0 Å². The predicted octanol–water partition coefficient (Wildman–Crippen LogP) is 4.19. The molecule has 2 rings (SSSR count). The standard InChI is InChI=1S/C17H21NO2/c1-5-8-18-13(4)15(17(19)20)10-16(18)14-9-11(2)6-7-12(14)3/h6-7,9-10H,5,8H2,1-4H3,(H,19,20). The number of aromatic nitrogens is 1. The van der Waals surface area contributed by atoms with Gasteiger partial charge in [-0.2, -0.15) is 0 Å². The summed E-state index contributed by atoms with van der Waals surface area (Å²) >= 11 is 0. The second-order valence-electron chi connectivity index (χ2n) is 5.30. The minimum atomic E-state index is -0.857. The number of hydrogen-bond donors (Lipinski definition) is 1. The van der Waals surface area contributed by atoms with Crippen LogP contribution in [0.2, 0.25) is 0 Å². The van der Waals surface area contributed by atoms with Gasteiger partial charge in [0.15, 0.2) is 0 Å². The molecule has 0 aliphatic heterocycles. The van der Waals surface area contributed by atoms with Gasteiger partial charge in [-0.05, 0) is 44.9 Å². The third-order valence-electron chi connectivity index (χ3n) is 3.71.